The van der Waals surface area contributed by atoms with Crippen molar-refractivity contribution in [2.75, 3.05) is 33.8 Å². The Hall–Kier alpha value is -0.380. The highest BCUT2D eigenvalue weighted by Gasteiger charge is 2.19. The highest BCUT2D eigenvalue weighted by Crippen LogP contribution is 2.21. The first-order valence-corrected chi connectivity index (χ1v) is 8.34. The Bertz CT molecular complexity index is 237. The molecule has 0 atom stereocenters. The molecule has 3 heteroatoms. The number of unbranched alkanes of at least 4 members (excludes halogenated alkanes) is 3. The number of likely N-dealkylation sites (N-methyl/N-ethyl adjacent to an activating group) is 1. The molecule has 1 aliphatic rings. The predicted molar refractivity (Wildman–Crippen MR) is 87.2 cm³/mol. The third-order valence-corrected chi connectivity index (χ3v) is 4.31. The van der Waals surface area contributed by atoms with E-state index in [2.05, 4.69) is 30.9 Å². The summed E-state index contributed by atoms with van der Waals surface area (Å²) in [4.78, 5) is 2.32. The average Bonchev–Trinajstić information content (AvgIpc) is 2.47. The molecule has 1 fully saturated rings. The van der Waals surface area contributed by atoms with E-state index in [0.29, 0.717) is 6.10 Å². The number of nitrogens with one attached hydrogen (secondary N) is 1. The molecule has 118 valence electrons. The molecule has 0 spiro atoms. The Kier molecular flexibility index (Phi) is 9.98. The zero-order chi connectivity index (χ0) is 14.6. The fourth-order valence-corrected chi connectivity index (χ4v) is 2.92. The number of ether oxygens (including phenoxy) is 1. The maximum absolute atomic E-state index is 5.99. The van der Waals surface area contributed by atoms with Crippen molar-refractivity contribution in [3.63, 3.8) is 0 Å². The lowest BCUT2D eigenvalue weighted by Gasteiger charge is -2.28. The minimum absolute atomic E-state index is 0.526. The van der Waals surface area contributed by atoms with Gasteiger partial charge in [0, 0.05) is 19.2 Å². The van der Waals surface area contributed by atoms with Crippen LogP contribution < -0.4 is 5.32 Å². The van der Waals surface area contributed by atoms with Crippen molar-refractivity contribution in [1.82, 2.24) is 10.2 Å². The molecule has 0 unspecified atom stereocenters. The van der Waals surface area contributed by atoms with E-state index in [1.54, 1.807) is 0 Å². The van der Waals surface area contributed by atoms with E-state index in [4.69, 9.17) is 4.74 Å². The van der Waals surface area contributed by atoms with E-state index < -0.39 is 0 Å². The van der Waals surface area contributed by atoms with Gasteiger partial charge in [0.1, 0.15) is 0 Å². The predicted octanol–water partition coefficient (Wildman–Crippen LogP) is 3.21. The molecule has 1 aliphatic carbocycles. The van der Waals surface area contributed by atoms with Gasteiger partial charge in [-0.05, 0) is 59.2 Å². The number of nitrogens with zero attached hydrogens (tertiary/aromatic N) is 1. The molecule has 0 aliphatic heterocycles. The summed E-state index contributed by atoms with van der Waals surface area (Å²) in [6.07, 6.45) is 12.6. The van der Waals surface area contributed by atoms with Crippen LogP contribution in [0.15, 0.2) is 12.7 Å². The number of hydrogen-bond acceptors (Lipinski definition) is 3. The van der Waals surface area contributed by atoms with Crippen LogP contribution >= 0.6 is 0 Å². The lowest BCUT2D eigenvalue weighted by molar-refractivity contribution is 0.0210. The molecule has 0 radical (unpaired) electrons. The Morgan fingerprint density at radius 1 is 1.15 bits per heavy atom. The summed E-state index contributed by atoms with van der Waals surface area (Å²) in [6.45, 7) is 6.90. The van der Waals surface area contributed by atoms with Crippen molar-refractivity contribution in [2.24, 2.45) is 0 Å². The Morgan fingerprint density at radius 2 is 1.85 bits per heavy atom. The first kappa shape index (κ1) is 17.7. The molecule has 0 aromatic carbocycles. The monoisotopic (exact) mass is 282 g/mol. The van der Waals surface area contributed by atoms with Gasteiger partial charge in [0.25, 0.3) is 0 Å². The highest BCUT2D eigenvalue weighted by atomic mass is 16.5. The number of rotatable bonds is 11. The van der Waals surface area contributed by atoms with Crippen molar-refractivity contribution in [3.8, 4) is 0 Å². The minimum Gasteiger partial charge on any atom is -0.378 e. The van der Waals surface area contributed by atoms with Crippen molar-refractivity contribution in [2.45, 2.75) is 63.5 Å². The molecule has 1 saturated carbocycles. The summed E-state index contributed by atoms with van der Waals surface area (Å²) in [6, 6.07) is 0.724. The van der Waals surface area contributed by atoms with Crippen LogP contribution in [0, 0.1) is 0 Å². The lowest BCUT2D eigenvalue weighted by atomic mass is 9.93. The van der Waals surface area contributed by atoms with Crippen LogP contribution in [-0.2, 0) is 4.74 Å². The largest absolute Gasteiger partial charge is 0.378 e. The quantitative estimate of drug-likeness (QED) is 0.465. The summed E-state index contributed by atoms with van der Waals surface area (Å²) < 4.78 is 5.99. The van der Waals surface area contributed by atoms with E-state index in [9.17, 15) is 0 Å². The first-order chi connectivity index (χ1) is 9.76. The summed E-state index contributed by atoms with van der Waals surface area (Å²) >= 11 is 0. The summed E-state index contributed by atoms with van der Waals surface area (Å²) in [7, 11) is 4.23. The third kappa shape index (κ3) is 8.03. The first-order valence-electron chi connectivity index (χ1n) is 8.34. The van der Waals surface area contributed by atoms with Gasteiger partial charge in [0.15, 0.2) is 0 Å². The molecule has 0 aromatic rings. The fourth-order valence-electron chi connectivity index (χ4n) is 2.92. The smallest absolute Gasteiger partial charge is 0.0576 e. The van der Waals surface area contributed by atoms with Gasteiger partial charge in [0.05, 0.1) is 6.10 Å². The van der Waals surface area contributed by atoms with Gasteiger partial charge in [0.2, 0.25) is 0 Å². The van der Waals surface area contributed by atoms with Crippen molar-refractivity contribution >= 4 is 0 Å². The molecular formula is C17H34N2O. The zero-order valence-corrected chi connectivity index (χ0v) is 13.6. The maximum Gasteiger partial charge on any atom is 0.0576 e. The van der Waals surface area contributed by atoms with Crippen LogP contribution in [0.25, 0.3) is 0 Å². The fraction of sp³-hybridized carbons (Fsp3) is 0.882. The normalized spacial score (nSPS) is 23.1. The second kappa shape index (κ2) is 11.3. The van der Waals surface area contributed by atoms with Gasteiger partial charge in [-0.2, -0.15) is 0 Å². The van der Waals surface area contributed by atoms with Crippen LogP contribution in [-0.4, -0.2) is 50.8 Å². The van der Waals surface area contributed by atoms with Gasteiger partial charge in [-0.15, -0.1) is 6.58 Å². The van der Waals surface area contributed by atoms with E-state index in [-0.39, 0.29) is 0 Å². The van der Waals surface area contributed by atoms with Gasteiger partial charge >= 0.3 is 0 Å². The molecule has 0 aromatic heterocycles. The molecular weight excluding hydrogens is 248 g/mol. The number of hydrogen-bond donors (Lipinski definition) is 1. The van der Waals surface area contributed by atoms with Gasteiger partial charge in [-0.25, -0.2) is 0 Å². The Labute approximate surface area is 125 Å². The third-order valence-electron chi connectivity index (χ3n) is 4.31. The van der Waals surface area contributed by atoms with Crippen molar-refractivity contribution in [1.29, 1.82) is 0 Å². The molecule has 0 amide bonds. The topological polar surface area (TPSA) is 24.5 Å². The molecule has 1 rings (SSSR count). The molecule has 0 bridgehead atoms. The van der Waals surface area contributed by atoms with E-state index in [0.717, 1.165) is 19.2 Å². The molecule has 20 heavy (non-hydrogen) atoms. The van der Waals surface area contributed by atoms with Crippen molar-refractivity contribution in [3.05, 3.63) is 12.7 Å². The van der Waals surface area contributed by atoms with Crippen LogP contribution in [0.1, 0.15) is 51.4 Å². The summed E-state index contributed by atoms with van der Waals surface area (Å²) in [5.74, 6) is 0. The molecule has 3 nitrogen and oxygen atoms in total. The Balaban J connectivity index is 1.86. The SMILES string of the molecule is C=CCN(C)CCCCCCOC1CCC(NC)CC1. The van der Waals surface area contributed by atoms with E-state index in [1.165, 1.54) is 57.9 Å². The van der Waals surface area contributed by atoms with Crippen LogP contribution in [0.3, 0.4) is 0 Å². The van der Waals surface area contributed by atoms with Crippen LogP contribution in [0.5, 0.6) is 0 Å². The van der Waals surface area contributed by atoms with Gasteiger partial charge in [-0.1, -0.05) is 18.9 Å². The van der Waals surface area contributed by atoms with E-state index in [1.807, 2.05) is 6.08 Å². The molecule has 0 heterocycles. The van der Waals surface area contributed by atoms with Crippen LogP contribution in [0.4, 0.5) is 0 Å². The molecule has 0 saturated heterocycles. The van der Waals surface area contributed by atoms with E-state index >= 15 is 0 Å². The maximum atomic E-state index is 5.99. The second-order valence-electron chi connectivity index (χ2n) is 6.10. The molecule has 1 N–H and O–H groups in total. The summed E-state index contributed by atoms with van der Waals surface area (Å²) in [5.41, 5.74) is 0. The standard InChI is InChI=1S/C17H34N2O/c1-4-13-19(3)14-7-5-6-8-15-20-17-11-9-16(18-2)10-12-17/h4,16-18H,1,5-15H2,2-3H3. The Morgan fingerprint density at radius 3 is 2.50 bits per heavy atom. The highest BCUT2D eigenvalue weighted by molar-refractivity contribution is 4.76. The lowest BCUT2D eigenvalue weighted by Crippen LogP contribution is -2.33. The minimum atomic E-state index is 0.526. The van der Waals surface area contributed by atoms with Crippen LogP contribution in [0.2, 0.25) is 0 Å². The van der Waals surface area contributed by atoms with Gasteiger partial charge in [-0.3, -0.25) is 0 Å². The summed E-state index contributed by atoms with van der Waals surface area (Å²) in [5, 5.41) is 3.37. The zero-order valence-electron chi connectivity index (χ0n) is 13.6. The second-order valence-corrected chi connectivity index (χ2v) is 6.10. The van der Waals surface area contributed by atoms with Gasteiger partial charge < -0.3 is 15.0 Å². The average molecular weight is 282 g/mol. The van der Waals surface area contributed by atoms with Crippen molar-refractivity contribution < 1.29 is 4.74 Å².